The first kappa shape index (κ1) is 16.1. The van der Waals surface area contributed by atoms with Crippen molar-refractivity contribution in [2.45, 2.75) is 19.4 Å². The van der Waals surface area contributed by atoms with Gasteiger partial charge in [-0.25, -0.2) is 4.98 Å². The van der Waals surface area contributed by atoms with Crippen LogP contribution in [0.3, 0.4) is 0 Å². The molecule has 1 aliphatic heterocycles. The summed E-state index contributed by atoms with van der Waals surface area (Å²) in [5.41, 5.74) is 7.13. The van der Waals surface area contributed by atoms with E-state index in [2.05, 4.69) is 15.6 Å². The number of nitrogens with one attached hydrogen (secondary N) is 2. The van der Waals surface area contributed by atoms with Gasteiger partial charge < -0.3 is 25.8 Å². The topological polar surface area (TPSA) is 98.5 Å². The van der Waals surface area contributed by atoms with Crippen LogP contribution in [0.25, 0.3) is 0 Å². The van der Waals surface area contributed by atoms with Gasteiger partial charge in [0.2, 0.25) is 12.7 Å². The van der Waals surface area contributed by atoms with Crippen LogP contribution < -0.4 is 25.8 Å². The second-order valence-electron chi connectivity index (χ2n) is 5.41. The standard InChI is InChI=1S/C17H20N4O3/c18-7-1-2-17(22)21-13-4-6-16(20-10-13)19-9-12-3-5-14-15(8-12)24-11-23-14/h3-6,8,10H,1-2,7,9,11,18H2,(H,19,20)(H,21,22). The van der Waals surface area contributed by atoms with Crippen molar-refractivity contribution in [2.75, 3.05) is 24.0 Å². The van der Waals surface area contributed by atoms with E-state index in [1.165, 1.54) is 0 Å². The summed E-state index contributed by atoms with van der Waals surface area (Å²) in [6.45, 7) is 1.40. The summed E-state index contributed by atoms with van der Waals surface area (Å²) in [5, 5.41) is 6.02. The van der Waals surface area contributed by atoms with Gasteiger partial charge in [-0.05, 0) is 42.8 Å². The third-order valence-corrected chi connectivity index (χ3v) is 3.57. The number of pyridine rings is 1. The Morgan fingerprint density at radius 3 is 2.88 bits per heavy atom. The Morgan fingerprint density at radius 1 is 1.21 bits per heavy atom. The van der Waals surface area contributed by atoms with Gasteiger partial charge in [0.05, 0.1) is 11.9 Å². The Hall–Kier alpha value is -2.80. The number of amides is 1. The van der Waals surface area contributed by atoms with Crippen LogP contribution in [-0.4, -0.2) is 24.2 Å². The molecule has 126 valence electrons. The molecule has 0 aliphatic carbocycles. The molecule has 3 rings (SSSR count). The zero-order valence-electron chi connectivity index (χ0n) is 13.2. The van der Waals surface area contributed by atoms with E-state index in [-0.39, 0.29) is 12.7 Å². The third-order valence-electron chi connectivity index (χ3n) is 3.57. The molecule has 0 radical (unpaired) electrons. The van der Waals surface area contributed by atoms with Crippen LogP contribution in [-0.2, 0) is 11.3 Å². The number of carbonyl (C=O) groups excluding carboxylic acids is 1. The third kappa shape index (κ3) is 4.14. The van der Waals surface area contributed by atoms with Crippen LogP contribution in [0.15, 0.2) is 36.5 Å². The van der Waals surface area contributed by atoms with Crippen LogP contribution >= 0.6 is 0 Å². The van der Waals surface area contributed by atoms with E-state index in [1.807, 2.05) is 30.3 Å². The zero-order valence-corrected chi connectivity index (χ0v) is 13.2. The molecule has 4 N–H and O–H groups in total. The summed E-state index contributed by atoms with van der Waals surface area (Å²) in [6, 6.07) is 9.46. The van der Waals surface area contributed by atoms with Crippen LogP contribution in [0.5, 0.6) is 11.5 Å². The maximum atomic E-state index is 11.6. The molecule has 0 spiro atoms. The quantitative estimate of drug-likeness (QED) is 0.720. The van der Waals surface area contributed by atoms with Crippen LogP contribution in [0.1, 0.15) is 18.4 Å². The van der Waals surface area contributed by atoms with Crippen molar-refractivity contribution >= 4 is 17.4 Å². The number of nitrogens with two attached hydrogens (primary N) is 1. The Kier molecular flexibility index (Phi) is 5.12. The summed E-state index contributed by atoms with van der Waals surface area (Å²) >= 11 is 0. The minimum Gasteiger partial charge on any atom is -0.454 e. The molecule has 0 saturated heterocycles. The molecule has 0 unspecified atom stereocenters. The van der Waals surface area contributed by atoms with Gasteiger partial charge in [0.1, 0.15) is 5.82 Å². The van der Waals surface area contributed by atoms with Crippen molar-refractivity contribution in [2.24, 2.45) is 5.73 Å². The number of rotatable bonds is 7. The summed E-state index contributed by atoms with van der Waals surface area (Å²) < 4.78 is 10.6. The molecule has 0 bridgehead atoms. The first-order valence-electron chi connectivity index (χ1n) is 7.83. The van der Waals surface area contributed by atoms with Crippen LogP contribution in [0.2, 0.25) is 0 Å². The van der Waals surface area contributed by atoms with Crippen molar-refractivity contribution in [3.63, 3.8) is 0 Å². The number of hydrogen-bond donors (Lipinski definition) is 3. The highest BCUT2D eigenvalue weighted by Crippen LogP contribution is 2.32. The van der Waals surface area contributed by atoms with Crippen molar-refractivity contribution in [1.29, 1.82) is 0 Å². The van der Waals surface area contributed by atoms with Gasteiger partial charge in [-0.15, -0.1) is 0 Å². The number of fused-ring (bicyclic) bond motifs is 1. The molecule has 1 amide bonds. The van der Waals surface area contributed by atoms with E-state index in [9.17, 15) is 4.79 Å². The van der Waals surface area contributed by atoms with Gasteiger partial charge in [-0.3, -0.25) is 4.79 Å². The Labute approximate surface area is 140 Å². The monoisotopic (exact) mass is 328 g/mol. The predicted octanol–water partition coefficient (Wildman–Crippen LogP) is 2.10. The maximum absolute atomic E-state index is 11.6. The molecule has 0 atom stereocenters. The fourth-order valence-corrected chi connectivity index (χ4v) is 2.30. The number of carbonyl (C=O) groups is 1. The van der Waals surface area contributed by atoms with Gasteiger partial charge in [0.25, 0.3) is 0 Å². The van der Waals surface area contributed by atoms with Crippen LogP contribution in [0.4, 0.5) is 11.5 Å². The van der Waals surface area contributed by atoms with E-state index in [4.69, 9.17) is 15.2 Å². The Bertz CT molecular complexity index is 703. The second kappa shape index (κ2) is 7.65. The lowest BCUT2D eigenvalue weighted by atomic mass is 10.2. The maximum Gasteiger partial charge on any atom is 0.231 e. The molecule has 1 aliphatic rings. The number of anilines is 2. The van der Waals surface area contributed by atoms with E-state index in [1.54, 1.807) is 6.20 Å². The molecule has 1 aromatic heterocycles. The smallest absolute Gasteiger partial charge is 0.231 e. The molecule has 2 aromatic rings. The summed E-state index contributed by atoms with van der Waals surface area (Å²) in [4.78, 5) is 15.9. The molecular formula is C17H20N4O3. The lowest BCUT2D eigenvalue weighted by Gasteiger charge is -2.08. The molecule has 1 aromatic carbocycles. The fraction of sp³-hybridized carbons (Fsp3) is 0.294. The van der Waals surface area contributed by atoms with Crippen molar-refractivity contribution < 1.29 is 14.3 Å². The largest absolute Gasteiger partial charge is 0.454 e. The SMILES string of the molecule is NCCCC(=O)Nc1ccc(NCc2ccc3c(c2)OCO3)nc1. The van der Waals surface area contributed by atoms with Gasteiger partial charge in [0, 0.05) is 13.0 Å². The molecule has 7 nitrogen and oxygen atoms in total. The molecule has 2 heterocycles. The average Bonchev–Trinajstić information content (AvgIpc) is 3.07. The number of benzene rings is 1. The number of hydrogen-bond acceptors (Lipinski definition) is 6. The van der Waals surface area contributed by atoms with E-state index >= 15 is 0 Å². The predicted molar refractivity (Wildman–Crippen MR) is 91.0 cm³/mol. The van der Waals surface area contributed by atoms with Crippen LogP contribution in [0, 0.1) is 0 Å². The van der Waals surface area contributed by atoms with Gasteiger partial charge >= 0.3 is 0 Å². The zero-order chi connectivity index (χ0) is 16.8. The molecule has 7 heteroatoms. The number of ether oxygens (including phenoxy) is 2. The van der Waals surface area contributed by atoms with Gasteiger partial charge in [-0.2, -0.15) is 0 Å². The number of aromatic nitrogens is 1. The lowest BCUT2D eigenvalue weighted by Crippen LogP contribution is -2.13. The summed E-state index contributed by atoms with van der Waals surface area (Å²) in [5.74, 6) is 2.21. The lowest BCUT2D eigenvalue weighted by molar-refractivity contribution is -0.116. The Balaban J connectivity index is 1.52. The molecule has 0 fully saturated rings. The fourth-order valence-electron chi connectivity index (χ4n) is 2.30. The van der Waals surface area contributed by atoms with E-state index in [0.29, 0.717) is 31.6 Å². The first-order valence-corrected chi connectivity index (χ1v) is 7.83. The number of nitrogens with zero attached hydrogens (tertiary/aromatic N) is 1. The normalized spacial score (nSPS) is 12.0. The second-order valence-corrected chi connectivity index (χ2v) is 5.41. The summed E-state index contributed by atoms with van der Waals surface area (Å²) in [7, 11) is 0. The van der Waals surface area contributed by atoms with Crippen molar-refractivity contribution in [3.05, 3.63) is 42.1 Å². The summed E-state index contributed by atoms with van der Waals surface area (Å²) in [6.07, 6.45) is 2.72. The van der Waals surface area contributed by atoms with Gasteiger partial charge in [0.15, 0.2) is 11.5 Å². The van der Waals surface area contributed by atoms with Gasteiger partial charge in [-0.1, -0.05) is 6.07 Å². The first-order chi connectivity index (χ1) is 11.7. The highest BCUT2D eigenvalue weighted by atomic mass is 16.7. The minimum absolute atomic E-state index is 0.0525. The van der Waals surface area contributed by atoms with E-state index in [0.717, 1.165) is 22.9 Å². The Morgan fingerprint density at radius 2 is 2.08 bits per heavy atom. The van der Waals surface area contributed by atoms with Crippen molar-refractivity contribution in [1.82, 2.24) is 4.98 Å². The highest BCUT2D eigenvalue weighted by molar-refractivity contribution is 5.90. The molecule has 0 saturated carbocycles. The molecular weight excluding hydrogens is 308 g/mol. The molecule has 24 heavy (non-hydrogen) atoms. The van der Waals surface area contributed by atoms with E-state index < -0.39 is 0 Å². The highest BCUT2D eigenvalue weighted by Gasteiger charge is 2.13. The average molecular weight is 328 g/mol. The minimum atomic E-state index is -0.0525. The van der Waals surface area contributed by atoms with Crippen molar-refractivity contribution in [3.8, 4) is 11.5 Å².